The molecule has 3 aromatic rings. The average Bonchev–Trinajstić information content (AvgIpc) is 2.81. The molecule has 0 aromatic heterocycles. The highest BCUT2D eigenvalue weighted by molar-refractivity contribution is 7.87. The Kier molecular flexibility index (Phi) is 8.97. The zero-order valence-electron chi connectivity index (χ0n) is 18.8. The van der Waals surface area contributed by atoms with Gasteiger partial charge < -0.3 is 13.7 Å². The van der Waals surface area contributed by atoms with Gasteiger partial charge in [0.1, 0.15) is 10.6 Å². The van der Waals surface area contributed by atoms with Crippen molar-refractivity contribution in [3.63, 3.8) is 0 Å². The lowest BCUT2D eigenvalue weighted by atomic mass is 10.2. The van der Waals surface area contributed by atoms with E-state index in [1.54, 1.807) is 43.3 Å². The van der Waals surface area contributed by atoms with Crippen LogP contribution in [0.1, 0.15) is 18.1 Å². The van der Waals surface area contributed by atoms with Gasteiger partial charge in [0.15, 0.2) is 12.4 Å². The van der Waals surface area contributed by atoms with Crippen molar-refractivity contribution in [1.82, 2.24) is 5.43 Å². The van der Waals surface area contributed by atoms with Gasteiger partial charge in [0.25, 0.3) is 5.91 Å². The summed E-state index contributed by atoms with van der Waals surface area (Å²) in [7, 11) is -4.14. The first-order valence-electron chi connectivity index (χ1n) is 10.4. The van der Waals surface area contributed by atoms with Crippen LogP contribution < -0.4 is 19.1 Å². The maximum absolute atomic E-state index is 12.7. The number of hydrogen-bond acceptors (Lipinski definition) is 7. The summed E-state index contributed by atoms with van der Waals surface area (Å²) in [6.07, 6.45) is 1.33. The Balaban J connectivity index is 1.69. The van der Waals surface area contributed by atoms with Crippen molar-refractivity contribution in [3.05, 3.63) is 81.8 Å². The van der Waals surface area contributed by atoms with Gasteiger partial charge in [-0.05, 0) is 67.9 Å². The number of ether oxygens (including phenoxy) is 2. The number of amides is 1. The normalized spacial score (nSPS) is 11.3. The number of aryl methyl sites for hydroxylation is 1. The number of carbonyl (C=O) groups is 1. The Bertz CT molecular complexity index is 1310. The van der Waals surface area contributed by atoms with Crippen molar-refractivity contribution >= 4 is 45.4 Å². The topological polar surface area (TPSA) is 103 Å². The number of rotatable bonds is 10. The van der Waals surface area contributed by atoms with Crippen LogP contribution in [0.5, 0.6) is 17.2 Å². The molecule has 0 heterocycles. The number of hydrazone groups is 1. The standard InChI is InChI=1S/C24H22Cl2N2O6S/c1-3-32-22-13-17(14-27-28-23(29)15-33-19-8-6-18(25)7-9-19)12-21(26)24(22)34-35(30,31)20-10-4-16(2)5-11-20/h4-14H,3,15H2,1-2H3,(H,28,29)/b27-14-. The first kappa shape index (κ1) is 26.3. The van der Waals surface area contributed by atoms with Gasteiger partial charge in [-0.1, -0.05) is 40.9 Å². The van der Waals surface area contributed by atoms with E-state index in [9.17, 15) is 13.2 Å². The Morgan fingerprint density at radius 3 is 2.37 bits per heavy atom. The molecule has 0 unspecified atom stereocenters. The maximum Gasteiger partial charge on any atom is 0.339 e. The highest BCUT2D eigenvalue weighted by Crippen LogP contribution is 2.38. The van der Waals surface area contributed by atoms with Crippen LogP contribution in [0.3, 0.4) is 0 Å². The SMILES string of the molecule is CCOc1cc(/C=N\NC(=O)COc2ccc(Cl)cc2)cc(Cl)c1OS(=O)(=O)c1ccc(C)cc1. The molecule has 1 amide bonds. The molecule has 1 N–H and O–H groups in total. The van der Waals surface area contributed by atoms with E-state index in [4.69, 9.17) is 36.9 Å². The average molecular weight is 537 g/mol. The number of halogens is 2. The van der Waals surface area contributed by atoms with Crippen LogP contribution in [0.15, 0.2) is 70.7 Å². The van der Waals surface area contributed by atoms with Crippen LogP contribution in [0.25, 0.3) is 0 Å². The minimum absolute atomic E-state index is 0.00881. The molecular weight excluding hydrogens is 515 g/mol. The number of hydrogen-bond donors (Lipinski definition) is 1. The fourth-order valence-electron chi connectivity index (χ4n) is 2.76. The molecule has 11 heteroatoms. The second-order valence-electron chi connectivity index (χ2n) is 7.15. The molecule has 0 saturated heterocycles. The van der Waals surface area contributed by atoms with Crippen molar-refractivity contribution < 1.29 is 26.9 Å². The van der Waals surface area contributed by atoms with E-state index in [1.807, 2.05) is 6.92 Å². The molecule has 0 fully saturated rings. The second kappa shape index (κ2) is 11.9. The number of benzene rings is 3. The van der Waals surface area contributed by atoms with E-state index >= 15 is 0 Å². The summed E-state index contributed by atoms with van der Waals surface area (Å²) in [5, 5.41) is 4.42. The van der Waals surface area contributed by atoms with Gasteiger partial charge in [-0.2, -0.15) is 13.5 Å². The van der Waals surface area contributed by atoms with Crippen molar-refractivity contribution in [3.8, 4) is 17.2 Å². The lowest BCUT2D eigenvalue weighted by Gasteiger charge is -2.14. The van der Waals surface area contributed by atoms with Gasteiger partial charge in [0.05, 0.1) is 17.8 Å². The molecule has 0 spiro atoms. The molecule has 35 heavy (non-hydrogen) atoms. The molecule has 184 valence electrons. The second-order valence-corrected chi connectivity index (χ2v) is 9.54. The summed E-state index contributed by atoms with van der Waals surface area (Å²) in [5.74, 6) is -0.0458. The number of nitrogens with one attached hydrogen (secondary N) is 1. The highest BCUT2D eigenvalue weighted by atomic mass is 35.5. The van der Waals surface area contributed by atoms with Crippen LogP contribution in [0.4, 0.5) is 0 Å². The van der Waals surface area contributed by atoms with Crippen LogP contribution in [-0.4, -0.2) is 33.8 Å². The molecule has 0 aliphatic rings. The summed E-state index contributed by atoms with van der Waals surface area (Å²) < 4.78 is 41.6. The van der Waals surface area contributed by atoms with E-state index < -0.39 is 16.0 Å². The summed E-state index contributed by atoms with van der Waals surface area (Å²) >= 11 is 12.1. The van der Waals surface area contributed by atoms with Gasteiger partial charge in [-0.15, -0.1) is 0 Å². The predicted octanol–water partition coefficient (Wildman–Crippen LogP) is 5.00. The van der Waals surface area contributed by atoms with Crippen molar-refractivity contribution in [2.45, 2.75) is 18.7 Å². The number of carbonyl (C=O) groups excluding carboxylic acids is 1. The van der Waals surface area contributed by atoms with Gasteiger partial charge in [0.2, 0.25) is 5.75 Å². The Morgan fingerprint density at radius 1 is 1.03 bits per heavy atom. The summed E-state index contributed by atoms with van der Waals surface area (Å²) in [6.45, 7) is 3.55. The minimum Gasteiger partial charge on any atom is -0.490 e. The van der Waals surface area contributed by atoms with E-state index in [-0.39, 0.29) is 34.6 Å². The van der Waals surface area contributed by atoms with E-state index in [1.165, 1.54) is 30.5 Å². The first-order chi connectivity index (χ1) is 16.7. The summed E-state index contributed by atoms with van der Waals surface area (Å²) in [6, 6.07) is 15.7. The summed E-state index contributed by atoms with van der Waals surface area (Å²) in [4.78, 5) is 11.9. The zero-order valence-corrected chi connectivity index (χ0v) is 21.2. The molecule has 3 rings (SSSR count). The first-order valence-corrected chi connectivity index (χ1v) is 12.5. The fraction of sp³-hybridized carbons (Fsp3) is 0.167. The van der Waals surface area contributed by atoms with Crippen LogP contribution in [0, 0.1) is 6.92 Å². The molecule has 0 atom stereocenters. The van der Waals surface area contributed by atoms with Gasteiger partial charge >= 0.3 is 10.1 Å². The van der Waals surface area contributed by atoms with Crippen LogP contribution in [-0.2, 0) is 14.9 Å². The molecule has 0 radical (unpaired) electrons. The molecule has 0 bridgehead atoms. The molecule has 0 aliphatic carbocycles. The third-order valence-electron chi connectivity index (χ3n) is 4.42. The van der Waals surface area contributed by atoms with Gasteiger partial charge in [-0.3, -0.25) is 4.79 Å². The van der Waals surface area contributed by atoms with E-state index in [0.717, 1.165) is 5.56 Å². The molecule has 3 aromatic carbocycles. The third kappa shape index (κ3) is 7.61. The molecule has 0 saturated carbocycles. The highest BCUT2D eigenvalue weighted by Gasteiger charge is 2.22. The van der Waals surface area contributed by atoms with Crippen LogP contribution in [0.2, 0.25) is 10.0 Å². The lowest BCUT2D eigenvalue weighted by molar-refractivity contribution is -0.123. The zero-order chi connectivity index (χ0) is 25.4. The predicted molar refractivity (Wildman–Crippen MR) is 134 cm³/mol. The van der Waals surface area contributed by atoms with Crippen molar-refractivity contribution in [2.24, 2.45) is 5.10 Å². The Labute approximate surface area is 213 Å². The largest absolute Gasteiger partial charge is 0.490 e. The van der Waals surface area contributed by atoms with Crippen LogP contribution >= 0.6 is 23.2 Å². The molecular formula is C24H22Cl2N2O6S. The minimum atomic E-state index is -4.14. The third-order valence-corrected chi connectivity index (χ3v) is 6.19. The van der Waals surface area contributed by atoms with E-state index in [2.05, 4.69) is 10.5 Å². The Morgan fingerprint density at radius 2 is 1.71 bits per heavy atom. The summed E-state index contributed by atoms with van der Waals surface area (Å²) in [5.41, 5.74) is 3.68. The van der Waals surface area contributed by atoms with Gasteiger partial charge in [0, 0.05) is 5.02 Å². The molecule has 8 nitrogen and oxygen atoms in total. The quantitative estimate of drug-likeness (QED) is 0.222. The lowest BCUT2D eigenvalue weighted by Crippen LogP contribution is -2.24. The van der Waals surface area contributed by atoms with Crippen molar-refractivity contribution in [1.29, 1.82) is 0 Å². The fourth-order valence-corrected chi connectivity index (χ4v) is 4.15. The van der Waals surface area contributed by atoms with Gasteiger partial charge in [-0.25, -0.2) is 5.43 Å². The Hall–Kier alpha value is -3.27. The monoisotopic (exact) mass is 536 g/mol. The van der Waals surface area contributed by atoms with E-state index in [0.29, 0.717) is 16.3 Å². The maximum atomic E-state index is 12.7. The number of nitrogens with zero attached hydrogens (tertiary/aromatic N) is 1. The molecule has 0 aliphatic heterocycles. The van der Waals surface area contributed by atoms with Crippen molar-refractivity contribution in [2.75, 3.05) is 13.2 Å². The smallest absolute Gasteiger partial charge is 0.339 e.